The predicted octanol–water partition coefficient (Wildman–Crippen LogP) is 2.81. The number of rotatable bonds is 5. The van der Waals surface area contributed by atoms with Crippen molar-refractivity contribution in [3.8, 4) is 6.07 Å². The molecule has 0 aromatic heterocycles. The second-order valence-electron chi connectivity index (χ2n) is 8.44. The van der Waals surface area contributed by atoms with Gasteiger partial charge in [-0.1, -0.05) is 42.5 Å². The first-order valence-corrected chi connectivity index (χ1v) is 10.9. The maximum Gasteiger partial charge on any atom is 0.228 e. The summed E-state index contributed by atoms with van der Waals surface area (Å²) in [5.41, 5.74) is 2.94. The van der Waals surface area contributed by atoms with Gasteiger partial charge in [-0.2, -0.15) is 5.26 Å². The van der Waals surface area contributed by atoms with Crippen LogP contribution in [0.2, 0.25) is 0 Å². The molecule has 6 heteroatoms. The molecule has 160 valence electrons. The van der Waals surface area contributed by atoms with Crippen LogP contribution < -0.4 is 0 Å². The Balaban J connectivity index is 1.29. The molecule has 4 rings (SSSR count). The third-order valence-corrected chi connectivity index (χ3v) is 6.43. The third-order valence-electron chi connectivity index (χ3n) is 6.43. The van der Waals surface area contributed by atoms with Gasteiger partial charge in [0.1, 0.15) is 0 Å². The van der Waals surface area contributed by atoms with Crippen molar-refractivity contribution in [2.75, 3.05) is 32.7 Å². The predicted molar refractivity (Wildman–Crippen MR) is 118 cm³/mol. The Morgan fingerprint density at radius 2 is 1.74 bits per heavy atom. The molecule has 0 bridgehead atoms. The summed E-state index contributed by atoms with van der Waals surface area (Å²) < 4.78 is 0. The van der Waals surface area contributed by atoms with Crippen molar-refractivity contribution in [2.24, 2.45) is 5.92 Å². The lowest BCUT2D eigenvalue weighted by atomic mass is 10.1. The van der Waals surface area contributed by atoms with Gasteiger partial charge in [0.25, 0.3) is 0 Å². The zero-order valence-corrected chi connectivity index (χ0v) is 17.9. The first-order valence-electron chi connectivity index (χ1n) is 10.9. The van der Waals surface area contributed by atoms with E-state index in [9.17, 15) is 9.59 Å². The Labute approximate surface area is 183 Å². The second kappa shape index (κ2) is 9.32. The summed E-state index contributed by atoms with van der Waals surface area (Å²) >= 11 is 0. The van der Waals surface area contributed by atoms with Crippen LogP contribution in [0.3, 0.4) is 0 Å². The maximum absolute atomic E-state index is 13.1. The average molecular weight is 417 g/mol. The molecular weight excluding hydrogens is 388 g/mol. The number of piperazine rings is 1. The van der Waals surface area contributed by atoms with E-state index >= 15 is 0 Å². The van der Waals surface area contributed by atoms with Gasteiger partial charge in [0.05, 0.1) is 23.6 Å². The molecule has 0 spiro atoms. The van der Waals surface area contributed by atoms with Crippen molar-refractivity contribution in [2.45, 2.75) is 25.9 Å². The van der Waals surface area contributed by atoms with Crippen LogP contribution in [0, 0.1) is 17.2 Å². The first kappa shape index (κ1) is 21.1. The van der Waals surface area contributed by atoms with Gasteiger partial charge in [0.2, 0.25) is 11.8 Å². The minimum Gasteiger partial charge on any atom is -0.340 e. The highest BCUT2D eigenvalue weighted by molar-refractivity contribution is 5.89. The number of carbonyl (C=O) groups excluding carboxylic acids is 2. The fraction of sp³-hybridized carbons (Fsp3) is 0.400. The number of likely N-dealkylation sites (tertiary alicyclic amines) is 1. The molecule has 0 unspecified atom stereocenters. The van der Waals surface area contributed by atoms with Gasteiger partial charge in [-0.05, 0) is 30.2 Å². The van der Waals surface area contributed by atoms with Crippen LogP contribution in [0.1, 0.15) is 36.1 Å². The molecule has 2 aromatic carbocycles. The minimum atomic E-state index is -0.247. The molecule has 2 heterocycles. The van der Waals surface area contributed by atoms with E-state index in [2.05, 4.69) is 11.0 Å². The summed E-state index contributed by atoms with van der Waals surface area (Å²) in [7, 11) is 0. The Bertz CT molecular complexity index is 959. The Morgan fingerprint density at radius 1 is 1.06 bits per heavy atom. The van der Waals surface area contributed by atoms with Gasteiger partial charge >= 0.3 is 0 Å². The molecular formula is C25H28N4O2. The van der Waals surface area contributed by atoms with Crippen molar-refractivity contribution in [3.63, 3.8) is 0 Å². The molecule has 0 radical (unpaired) electrons. The molecule has 31 heavy (non-hydrogen) atoms. The number of hydrogen-bond acceptors (Lipinski definition) is 4. The van der Waals surface area contributed by atoms with Crippen LogP contribution in [0.4, 0.5) is 0 Å². The summed E-state index contributed by atoms with van der Waals surface area (Å²) in [5, 5.41) is 8.92. The largest absolute Gasteiger partial charge is 0.340 e. The standard InChI is InChI=1S/C25H28N4O2/c1-19(22-5-3-2-4-6-22)29-18-23(15-24(29)30)25(31)28-13-11-27(12-14-28)17-21-9-7-20(16-26)8-10-21/h2-10,19,23H,11-15,17-18H2,1H3/t19-,23-/m0/s1. The highest BCUT2D eigenvalue weighted by Gasteiger charge is 2.39. The van der Waals surface area contributed by atoms with E-state index in [-0.39, 0.29) is 23.8 Å². The highest BCUT2D eigenvalue weighted by Crippen LogP contribution is 2.29. The number of amides is 2. The lowest BCUT2D eigenvalue weighted by molar-refractivity contribution is -0.137. The van der Waals surface area contributed by atoms with Crippen molar-refractivity contribution in [3.05, 3.63) is 71.3 Å². The molecule has 2 aliphatic rings. The van der Waals surface area contributed by atoms with Gasteiger partial charge < -0.3 is 9.80 Å². The zero-order chi connectivity index (χ0) is 21.8. The van der Waals surface area contributed by atoms with Gasteiger partial charge in [-0.3, -0.25) is 14.5 Å². The van der Waals surface area contributed by atoms with Gasteiger partial charge in [0, 0.05) is 45.7 Å². The highest BCUT2D eigenvalue weighted by atomic mass is 16.2. The fourth-order valence-corrected chi connectivity index (χ4v) is 4.51. The summed E-state index contributed by atoms with van der Waals surface area (Å²) in [6.45, 7) is 6.36. The third kappa shape index (κ3) is 4.78. The molecule has 0 N–H and O–H groups in total. The molecule has 0 saturated carbocycles. The molecule has 0 aliphatic carbocycles. The lowest BCUT2D eigenvalue weighted by Gasteiger charge is -2.36. The van der Waals surface area contributed by atoms with Crippen molar-refractivity contribution in [1.29, 1.82) is 5.26 Å². The van der Waals surface area contributed by atoms with E-state index in [1.54, 1.807) is 0 Å². The monoisotopic (exact) mass is 416 g/mol. The van der Waals surface area contributed by atoms with E-state index in [0.717, 1.165) is 25.2 Å². The zero-order valence-electron chi connectivity index (χ0n) is 17.9. The van der Waals surface area contributed by atoms with Gasteiger partial charge in [0.15, 0.2) is 0 Å². The number of nitriles is 1. The normalized spacial score (nSPS) is 20.5. The average Bonchev–Trinajstić information content (AvgIpc) is 3.21. The van der Waals surface area contributed by atoms with Crippen LogP contribution in [0.5, 0.6) is 0 Å². The van der Waals surface area contributed by atoms with Crippen LogP contribution in [-0.4, -0.2) is 59.2 Å². The Hall–Kier alpha value is -3.17. The van der Waals surface area contributed by atoms with E-state index in [4.69, 9.17) is 5.26 Å². The molecule has 2 amide bonds. The Morgan fingerprint density at radius 3 is 2.39 bits per heavy atom. The molecule has 2 atom stereocenters. The lowest BCUT2D eigenvalue weighted by Crippen LogP contribution is -2.50. The maximum atomic E-state index is 13.1. The van der Waals surface area contributed by atoms with E-state index in [1.807, 2.05) is 71.3 Å². The smallest absolute Gasteiger partial charge is 0.228 e. The number of hydrogen-bond donors (Lipinski definition) is 0. The minimum absolute atomic E-state index is 0.0178. The summed E-state index contributed by atoms with van der Waals surface area (Å²) in [4.78, 5) is 31.8. The number of carbonyl (C=O) groups is 2. The van der Waals surface area contributed by atoms with Crippen molar-refractivity contribution >= 4 is 11.8 Å². The van der Waals surface area contributed by atoms with Crippen molar-refractivity contribution < 1.29 is 9.59 Å². The molecule has 2 fully saturated rings. The molecule has 6 nitrogen and oxygen atoms in total. The first-order chi connectivity index (χ1) is 15.0. The SMILES string of the molecule is C[C@@H](c1ccccc1)N1C[C@@H](C(=O)N2CCN(Cc3ccc(C#N)cc3)CC2)CC1=O. The number of nitrogens with zero attached hydrogens (tertiary/aromatic N) is 4. The molecule has 2 aliphatic heterocycles. The van der Waals surface area contributed by atoms with Crippen LogP contribution in [0.25, 0.3) is 0 Å². The molecule has 2 saturated heterocycles. The van der Waals surface area contributed by atoms with Crippen molar-refractivity contribution in [1.82, 2.24) is 14.7 Å². The van der Waals surface area contributed by atoms with E-state index < -0.39 is 0 Å². The summed E-state index contributed by atoms with van der Waals surface area (Å²) in [6, 6.07) is 19.8. The topological polar surface area (TPSA) is 67.7 Å². The van der Waals surface area contributed by atoms with Crippen LogP contribution >= 0.6 is 0 Å². The van der Waals surface area contributed by atoms with Crippen LogP contribution in [0.15, 0.2) is 54.6 Å². The van der Waals surface area contributed by atoms with E-state index in [0.29, 0.717) is 31.6 Å². The van der Waals surface area contributed by atoms with Gasteiger partial charge in [-0.25, -0.2) is 0 Å². The number of benzene rings is 2. The summed E-state index contributed by atoms with van der Waals surface area (Å²) in [5.74, 6) is -0.0768. The van der Waals surface area contributed by atoms with E-state index in [1.165, 1.54) is 5.56 Å². The fourth-order valence-electron chi connectivity index (χ4n) is 4.51. The molecule has 2 aromatic rings. The summed E-state index contributed by atoms with van der Waals surface area (Å²) in [6.07, 6.45) is 0.307. The quantitative estimate of drug-likeness (QED) is 0.752. The Kier molecular flexibility index (Phi) is 6.34. The van der Waals surface area contributed by atoms with Gasteiger partial charge in [-0.15, -0.1) is 0 Å². The second-order valence-corrected chi connectivity index (χ2v) is 8.44. The van der Waals surface area contributed by atoms with Crippen LogP contribution in [-0.2, 0) is 16.1 Å².